The molecule has 0 saturated carbocycles. The van der Waals surface area contributed by atoms with E-state index >= 15 is 0 Å². The van der Waals surface area contributed by atoms with Gasteiger partial charge >= 0.3 is 0 Å². The number of phenols is 5. The third-order valence-electron chi connectivity index (χ3n) is 10.0. The summed E-state index contributed by atoms with van der Waals surface area (Å²) in [5, 5.41) is 57.1. The molecule has 55 heavy (non-hydrogen) atoms. The van der Waals surface area contributed by atoms with Gasteiger partial charge in [-0.15, -0.1) is 11.3 Å². The first kappa shape index (κ1) is 32.2. The Kier molecular flexibility index (Phi) is 7.23. The van der Waals surface area contributed by atoms with Crippen molar-refractivity contribution >= 4 is 53.3 Å². The minimum atomic E-state index is -1.07. The van der Waals surface area contributed by atoms with Gasteiger partial charge in [0, 0.05) is 47.6 Å². The quantitative estimate of drug-likeness (QED) is 0.0867. The molecule has 3 aromatic heterocycles. The van der Waals surface area contributed by atoms with Crippen molar-refractivity contribution in [3.8, 4) is 79.7 Å². The highest BCUT2D eigenvalue weighted by Gasteiger charge is 2.28. The molecule has 10 heteroatoms. The second kappa shape index (κ2) is 12.3. The van der Waals surface area contributed by atoms with Gasteiger partial charge in [0.15, 0.2) is 29.0 Å². The maximum atomic E-state index is 10.9. The molecule has 264 valence electrons. The van der Waals surface area contributed by atoms with E-state index in [1.54, 1.807) is 11.3 Å². The van der Waals surface area contributed by atoms with Gasteiger partial charge in [-0.25, -0.2) is 15.0 Å². The van der Waals surface area contributed by atoms with Crippen LogP contribution in [0.3, 0.4) is 0 Å². The van der Waals surface area contributed by atoms with Gasteiger partial charge in [0.2, 0.25) is 17.2 Å². The SMILES string of the molecule is Oc1c(O)c(O)c(-c2nc(-c3ccccc3)nc(-c3cccc4c3sc3cccc(-n5c6ccccc6c6cccc(-c7ccccc7)c65)c34)n2)c(O)c1O. The Morgan fingerprint density at radius 3 is 1.75 bits per heavy atom. The monoisotopic (exact) mass is 736 g/mol. The largest absolute Gasteiger partial charge is 0.504 e. The van der Waals surface area contributed by atoms with Gasteiger partial charge < -0.3 is 30.1 Å². The van der Waals surface area contributed by atoms with Crippen LogP contribution in [0.2, 0.25) is 0 Å². The first-order valence-electron chi connectivity index (χ1n) is 17.4. The lowest BCUT2D eigenvalue weighted by Crippen LogP contribution is -2.01. The van der Waals surface area contributed by atoms with Gasteiger partial charge in [-0.2, -0.15) is 0 Å². The average molecular weight is 737 g/mol. The number of hydrogen-bond donors (Lipinski definition) is 5. The molecular formula is C45H28N4O5S. The summed E-state index contributed by atoms with van der Waals surface area (Å²) in [4.78, 5) is 14.1. The van der Waals surface area contributed by atoms with Crippen molar-refractivity contribution in [2.45, 2.75) is 0 Å². The number of rotatable bonds is 5. The second-order valence-electron chi connectivity index (χ2n) is 13.1. The maximum Gasteiger partial charge on any atom is 0.208 e. The minimum absolute atomic E-state index is 0.220. The first-order valence-corrected chi connectivity index (χ1v) is 18.2. The van der Waals surface area contributed by atoms with Gasteiger partial charge in [-0.1, -0.05) is 115 Å². The Morgan fingerprint density at radius 2 is 1.00 bits per heavy atom. The molecule has 10 rings (SSSR count). The first-order chi connectivity index (χ1) is 26.9. The van der Waals surface area contributed by atoms with Crippen LogP contribution in [-0.2, 0) is 0 Å². The van der Waals surface area contributed by atoms with Crippen LogP contribution < -0.4 is 0 Å². The lowest BCUT2D eigenvalue weighted by Gasteiger charge is -2.14. The number of fused-ring (bicyclic) bond motifs is 6. The topological polar surface area (TPSA) is 145 Å². The van der Waals surface area contributed by atoms with E-state index in [0.29, 0.717) is 11.1 Å². The van der Waals surface area contributed by atoms with Crippen LogP contribution in [0.15, 0.2) is 140 Å². The summed E-state index contributed by atoms with van der Waals surface area (Å²) in [6, 6.07) is 46.7. The van der Waals surface area contributed by atoms with E-state index in [2.05, 4.69) is 101 Å². The zero-order chi connectivity index (χ0) is 37.4. The van der Waals surface area contributed by atoms with E-state index in [1.807, 2.05) is 48.5 Å². The molecule has 0 aliphatic carbocycles. The summed E-state index contributed by atoms with van der Waals surface area (Å²) in [5.74, 6) is -4.66. The van der Waals surface area contributed by atoms with Crippen molar-refractivity contribution in [1.82, 2.24) is 19.5 Å². The van der Waals surface area contributed by atoms with E-state index in [-0.39, 0.29) is 17.5 Å². The van der Waals surface area contributed by atoms with Gasteiger partial charge in [-0.3, -0.25) is 0 Å². The zero-order valence-corrected chi connectivity index (χ0v) is 29.5. The van der Waals surface area contributed by atoms with Gasteiger partial charge in [0.05, 0.1) is 16.7 Å². The van der Waals surface area contributed by atoms with Crippen LogP contribution in [0.5, 0.6) is 28.7 Å². The number of benzene rings is 7. The number of aromatic hydroxyl groups is 5. The second-order valence-corrected chi connectivity index (χ2v) is 14.2. The molecule has 9 nitrogen and oxygen atoms in total. The molecule has 3 heterocycles. The van der Waals surface area contributed by atoms with Crippen LogP contribution in [0.1, 0.15) is 0 Å². The fourth-order valence-electron chi connectivity index (χ4n) is 7.53. The van der Waals surface area contributed by atoms with Crippen LogP contribution >= 0.6 is 11.3 Å². The molecule has 0 atom stereocenters. The van der Waals surface area contributed by atoms with Crippen molar-refractivity contribution < 1.29 is 25.5 Å². The average Bonchev–Trinajstić information content (AvgIpc) is 3.79. The molecule has 7 aromatic carbocycles. The summed E-state index contributed by atoms with van der Waals surface area (Å²) < 4.78 is 4.30. The predicted octanol–water partition coefficient (Wildman–Crippen LogP) is 10.5. The number of hydrogen-bond acceptors (Lipinski definition) is 9. The van der Waals surface area contributed by atoms with Gasteiger partial charge in [0.25, 0.3) is 0 Å². The Labute approximate surface area is 316 Å². The summed E-state index contributed by atoms with van der Waals surface area (Å²) in [5.41, 5.74) is 6.28. The summed E-state index contributed by atoms with van der Waals surface area (Å²) in [6.45, 7) is 0. The standard InChI is InChI=1S/C45H28N4O5S/c50-37-35(38(51)40(53)41(54)39(37)52)45-47-43(25-14-5-2-6-15-25)46-44(48-45)30-20-10-19-29-34-32(22-11-23-33(34)55-42(29)30)49-31-21-8-7-16-27(31)28-18-9-17-26(36(28)49)24-12-3-1-4-13-24/h1-23,50-54H. The van der Waals surface area contributed by atoms with Crippen LogP contribution in [0.4, 0.5) is 0 Å². The smallest absolute Gasteiger partial charge is 0.208 e. The lowest BCUT2D eigenvalue weighted by molar-refractivity contribution is 0.329. The highest BCUT2D eigenvalue weighted by atomic mass is 32.1. The van der Waals surface area contributed by atoms with E-state index in [1.165, 1.54) is 0 Å². The van der Waals surface area contributed by atoms with Crippen LogP contribution in [0.25, 0.3) is 93.0 Å². The fourth-order valence-corrected chi connectivity index (χ4v) is 8.77. The molecule has 0 spiro atoms. The van der Waals surface area contributed by atoms with E-state index in [9.17, 15) is 25.5 Å². The molecule has 10 aromatic rings. The van der Waals surface area contributed by atoms with Gasteiger partial charge in [0.1, 0.15) is 5.56 Å². The van der Waals surface area contributed by atoms with E-state index in [4.69, 9.17) is 9.97 Å². The lowest BCUT2D eigenvalue weighted by atomic mass is 10.0. The van der Waals surface area contributed by atoms with Crippen molar-refractivity contribution in [2.24, 2.45) is 0 Å². The Bertz CT molecular complexity index is 3130. The number of para-hydroxylation sites is 2. The fraction of sp³-hybridized carbons (Fsp3) is 0. The van der Waals surface area contributed by atoms with Crippen molar-refractivity contribution in [2.75, 3.05) is 0 Å². The molecule has 0 aliphatic heterocycles. The zero-order valence-electron chi connectivity index (χ0n) is 28.7. The third kappa shape index (κ3) is 4.89. The van der Waals surface area contributed by atoms with E-state index in [0.717, 1.165) is 58.8 Å². The number of aromatic nitrogens is 4. The summed E-state index contributed by atoms with van der Waals surface area (Å²) in [6.07, 6.45) is 0. The van der Waals surface area contributed by atoms with Crippen molar-refractivity contribution in [3.63, 3.8) is 0 Å². The molecular weight excluding hydrogens is 709 g/mol. The minimum Gasteiger partial charge on any atom is -0.504 e. The van der Waals surface area contributed by atoms with Gasteiger partial charge in [-0.05, 0) is 29.8 Å². The Hall–Kier alpha value is -7.43. The summed E-state index contributed by atoms with van der Waals surface area (Å²) >= 11 is 1.60. The van der Waals surface area contributed by atoms with Crippen LogP contribution in [-0.4, -0.2) is 45.1 Å². The number of nitrogens with zero attached hydrogens (tertiary/aromatic N) is 4. The molecule has 0 aliphatic rings. The molecule has 0 saturated heterocycles. The third-order valence-corrected chi connectivity index (χ3v) is 11.2. The normalized spacial score (nSPS) is 11.6. The molecule has 0 unspecified atom stereocenters. The van der Waals surface area contributed by atoms with Crippen LogP contribution in [0, 0.1) is 0 Å². The molecule has 5 N–H and O–H groups in total. The molecule has 0 amide bonds. The highest BCUT2D eigenvalue weighted by molar-refractivity contribution is 7.26. The number of phenolic OH excluding ortho intramolecular Hbond substituents is 5. The van der Waals surface area contributed by atoms with Crippen molar-refractivity contribution in [1.29, 1.82) is 0 Å². The predicted molar refractivity (Wildman–Crippen MR) is 217 cm³/mol. The maximum absolute atomic E-state index is 10.9. The summed E-state index contributed by atoms with van der Waals surface area (Å²) in [7, 11) is 0. The molecule has 0 bridgehead atoms. The Balaban J connectivity index is 1.26. The highest BCUT2D eigenvalue weighted by Crippen LogP contribution is 2.54. The molecule has 0 fully saturated rings. The molecule has 0 radical (unpaired) electrons. The number of thiophene rings is 1. The van der Waals surface area contributed by atoms with E-state index < -0.39 is 34.3 Å². The Morgan fingerprint density at radius 1 is 0.436 bits per heavy atom. The van der Waals surface area contributed by atoms with Crippen molar-refractivity contribution in [3.05, 3.63) is 140 Å².